The molecule has 0 saturated heterocycles. The summed E-state index contributed by atoms with van der Waals surface area (Å²) in [6.07, 6.45) is 0.897. The first-order valence-electron chi connectivity index (χ1n) is 11.5. The fraction of sp³-hybridized carbons (Fsp3) is 0.321. The zero-order chi connectivity index (χ0) is 24.1. The van der Waals surface area contributed by atoms with Crippen LogP contribution < -0.4 is 19.5 Å². The summed E-state index contributed by atoms with van der Waals surface area (Å²) in [5, 5.41) is 3.16. The molecule has 4 rings (SSSR count). The normalized spacial score (nSPS) is 15.4. The Kier molecular flexibility index (Phi) is 7.38. The number of benzene rings is 3. The van der Waals surface area contributed by atoms with Gasteiger partial charge in [-0.05, 0) is 66.4 Å². The van der Waals surface area contributed by atoms with Gasteiger partial charge in [-0.2, -0.15) is 0 Å². The molecular formula is C28H32N2O4. The lowest BCUT2D eigenvalue weighted by molar-refractivity contribution is 0.0926. The van der Waals surface area contributed by atoms with Gasteiger partial charge in [-0.25, -0.2) is 0 Å². The molecule has 1 atom stereocenters. The van der Waals surface area contributed by atoms with Crippen LogP contribution in [-0.4, -0.2) is 45.2 Å². The summed E-state index contributed by atoms with van der Waals surface area (Å²) in [5.41, 5.74) is 5.36. The van der Waals surface area contributed by atoms with Crippen LogP contribution in [0.3, 0.4) is 0 Å². The molecule has 0 spiro atoms. The van der Waals surface area contributed by atoms with Crippen LogP contribution in [0.1, 0.15) is 38.7 Å². The summed E-state index contributed by atoms with van der Waals surface area (Å²) in [6, 6.07) is 19.9. The van der Waals surface area contributed by atoms with Gasteiger partial charge in [-0.3, -0.25) is 9.69 Å². The molecule has 3 aromatic rings. The molecule has 34 heavy (non-hydrogen) atoms. The predicted octanol–water partition coefficient (Wildman–Crippen LogP) is 4.55. The molecule has 1 heterocycles. The van der Waals surface area contributed by atoms with E-state index in [9.17, 15) is 4.79 Å². The number of nitrogens with zero attached hydrogens (tertiary/aromatic N) is 1. The van der Waals surface area contributed by atoms with E-state index in [0.29, 0.717) is 17.9 Å². The minimum atomic E-state index is -0.0722. The Bertz CT molecular complexity index is 1130. The van der Waals surface area contributed by atoms with Gasteiger partial charge in [0.05, 0.1) is 27.4 Å². The third kappa shape index (κ3) is 5.18. The highest BCUT2D eigenvalue weighted by Crippen LogP contribution is 2.38. The van der Waals surface area contributed by atoms with Crippen LogP contribution in [0, 0.1) is 6.92 Å². The number of rotatable bonds is 8. The first kappa shape index (κ1) is 23.6. The van der Waals surface area contributed by atoms with Crippen molar-refractivity contribution in [2.24, 2.45) is 0 Å². The van der Waals surface area contributed by atoms with Crippen LogP contribution in [0.5, 0.6) is 17.2 Å². The molecule has 6 nitrogen and oxygen atoms in total. The number of aryl methyl sites for hydroxylation is 1. The largest absolute Gasteiger partial charge is 0.497 e. The second-order valence-electron chi connectivity index (χ2n) is 8.57. The highest BCUT2D eigenvalue weighted by Gasteiger charge is 2.29. The maximum Gasteiger partial charge on any atom is 0.251 e. The molecule has 0 bridgehead atoms. The Morgan fingerprint density at radius 1 is 0.941 bits per heavy atom. The fourth-order valence-corrected chi connectivity index (χ4v) is 4.47. The minimum absolute atomic E-state index is 0.0000520. The van der Waals surface area contributed by atoms with Crippen LogP contribution >= 0.6 is 0 Å². The predicted molar refractivity (Wildman–Crippen MR) is 133 cm³/mol. The van der Waals surface area contributed by atoms with Crippen molar-refractivity contribution in [2.75, 3.05) is 34.4 Å². The van der Waals surface area contributed by atoms with Crippen molar-refractivity contribution in [2.45, 2.75) is 25.9 Å². The molecule has 1 aliphatic heterocycles. The highest BCUT2D eigenvalue weighted by atomic mass is 16.5. The molecule has 0 fully saturated rings. The average Bonchev–Trinajstić information content (AvgIpc) is 2.87. The lowest BCUT2D eigenvalue weighted by atomic mass is 9.91. The van der Waals surface area contributed by atoms with Crippen LogP contribution in [0.4, 0.5) is 0 Å². The molecular weight excluding hydrogens is 428 g/mol. The lowest BCUT2D eigenvalue weighted by Crippen LogP contribution is -2.41. The first-order chi connectivity index (χ1) is 16.5. The maximum atomic E-state index is 12.9. The zero-order valence-corrected chi connectivity index (χ0v) is 20.3. The summed E-state index contributed by atoms with van der Waals surface area (Å²) in [5.74, 6) is 2.19. The number of carbonyl (C=O) groups is 1. The van der Waals surface area contributed by atoms with Crippen LogP contribution in [0.25, 0.3) is 0 Å². The number of hydrogen-bond donors (Lipinski definition) is 1. The Morgan fingerprint density at radius 2 is 1.62 bits per heavy atom. The van der Waals surface area contributed by atoms with Crippen molar-refractivity contribution in [3.63, 3.8) is 0 Å². The summed E-state index contributed by atoms with van der Waals surface area (Å²) in [6.45, 7) is 4.15. The van der Waals surface area contributed by atoms with Crippen molar-refractivity contribution in [3.05, 3.63) is 88.5 Å². The number of nitrogens with one attached hydrogen (secondary N) is 1. The van der Waals surface area contributed by atoms with E-state index in [2.05, 4.69) is 34.5 Å². The van der Waals surface area contributed by atoms with Gasteiger partial charge in [-0.1, -0.05) is 29.8 Å². The Hall–Kier alpha value is -3.51. The quantitative estimate of drug-likeness (QED) is 0.534. The zero-order valence-electron chi connectivity index (χ0n) is 20.3. The first-order valence-corrected chi connectivity index (χ1v) is 11.5. The van der Waals surface area contributed by atoms with Gasteiger partial charge in [0, 0.05) is 25.2 Å². The molecule has 1 unspecified atom stereocenters. The third-order valence-electron chi connectivity index (χ3n) is 6.43. The van der Waals surface area contributed by atoms with Crippen LogP contribution in [-0.2, 0) is 13.0 Å². The van der Waals surface area contributed by atoms with Crippen molar-refractivity contribution < 1.29 is 19.0 Å². The minimum Gasteiger partial charge on any atom is -0.497 e. The van der Waals surface area contributed by atoms with Gasteiger partial charge >= 0.3 is 0 Å². The standard InChI is InChI=1S/C28H32N2O4/c1-19-5-9-21(10-6-19)28(31)29-17-25-24-16-27(34-4)26(33-3)15-22(24)13-14-30(25)18-20-7-11-23(32-2)12-8-20/h5-12,15-16,25H,13-14,17-18H2,1-4H3,(H,29,31). The lowest BCUT2D eigenvalue weighted by Gasteiger charge is -2.38. The number of carbonyl (C=O) groups excluding carboxylic acids is 1. The topological polar surface area (TPSA) is 60.0 Å². The molecule has 0 aliphatic carbocycles. The molecule has 0 aromatic heterocycles. The van der Waals surface area contributed by atoms with E-state index in [4.69, 9.17) is 14.2 Å². The number of fused-ring (bicyclic) bond motifs is 1. The third-order valence-corrected chi connectivity index (χ3v) is 6.43. The van der Waals surface area contributed by atoms with Gasteiger partial charge in [-0.15, -0.1) is 0 Å². The molecule has 0 radical (unpaired) electrons. The molecule has 3 aromatic carbocycles. The number of methoxy groups -OCH3 is 3. The molecule has 1 amide bonds. The number of amides is 1. The van der Waals surface area contributed by atoms with Crippen LogP contribution in [0.2, 0.25) is 0 Å². The Morgan fingerprint density at radius 3 is 2.26 bits per heavy atom. The van der Waals surface area contributed by atoms with Crippen molar-refractivity contribution in [3.8, 4) is 17.2 Å². The molecule has 1 aliphatic rings. The molecule has 0 saturated carbocycles. The summed E-state index contributed by atoms with van der Waals surface area (Å²) < 4.78 is 16.4. The van der Waals surface area contributed by atoms with E-state index in [1.165, 1.54) is 11.1 Å². The highest BCUT2D eigenvalue weighted by molar-refractivity contribution is 5.94. The monoisotopic (exact) mass is 460 g/mol. The van der Waals surface area contributed by atoms with E-state index in [1.807, 2.05) is 43.3 Å². The van der Waals surface area contributed by atoms with Crippen molar-refractivity contribution in [1.82, 2.24) is 10.2 Å². The summed E-state index contributed by atoms with van der Waals surface area (Å²) in [4.78, 5) is 15.3. The van der Waals surface area contributed by atoms with Gasteiger partial charge < -0.3 is 19.5 Å². The average molecular weight is 461 g/mol. The van der Waals surface area contributed by atoms with Crippen molar-refractivity contribution in [1.29, 1.82) is 0 Å². The fourth-order valence-electron chi connectivity index (χ4n) is 4.47. The molecule has 6 heteroatoms. The number of hydrogen-bond acceptors (Lipinski definition) is 5. The number of ether oxygens (including phenoxy) is 3. The summed E-state index contributed by atoms with van der Waals surface area (Å²) >= 11 is 0. The smallest absolute Gasteiger partial charge is 0.251 e. The van der Waals surface area contributed by atoms with Crippen LogP contribution in [0.15, 0.2) is 60.7 Å². The van der Waals surface area contributed by atoms with E-state index in [0.717, 1.165) is 42.1 Å². The molecule has 178 valence electrons. The molecule has 1 N–H and O–H groups in total. The van der Waals surface area contributed by atoms with Gasteiger partial charge in [0.15, 0.2) is 11.5 Å². The maximum absolute atomic E-state index is 12.9. The van der Waals surface area contributed by atoms with Gasteiger partial charge in [0.2, 0.25) is 0 Å². The van der Waals surface area contributed by atoms with E-state index < -0.39 is 0 Å². The Balaban J connectivity index is 1.61. The Labute approximate surface area is 201 Å². The second kappa shape index (κ2) is 10.6. The van der Waals surface area contributed by atoms with E-state index in [-0.39, 0.29) is 11.9 Å². The second-order valence-corrected chi connectivity index (χ2v) is 8.57. The van der Waals surface area contributed by atoms with Crippen molar-refractivity contribution >= 4 is 5.91 Å². The SMILES string of the molecule is COc1ccc(CN2CCc3cc(OC)c(OC)cc3C2CNC(=O)c2ccc(C)cc2)cc1. The van der Waals surface area contributed by atoms with Gasteiger partial charge in [0.25, 0.3) is 5.91 Å². The van der Waals surface area contributed by atoms with Gasteiger partial charge in [0.1, 0.15) is 5.75 Å². The van der Waals surface area contributed by atoms with E-state index >= 15 is 0 Å². The van der Waals surface area contributed by atoms with E-state index in [1.54, 1.807) is 21.3 Å². The summed E-state index contributed by atoms with van der Waals surface area (Å²) in [7, 11) is 4.98.